The monoisotopic (exact) mass is 195 g/mol. The molecule has 1 rings (SSSR count). The maximum atomic E-state index is 4.12. The Balaban J connectivity index is 2.90. The molecule has 72 valence electrons. The van der Waals surface area contributed by atoms with Gasteiger partial charge < -0.3 is 5.32 Å². The lowest BCUT2D eigenvalue weighted by atomic mass is 9.99. The molecule has 1 aromatic carbocycles. The van der Waals surface area contributed by atoms with Gasteiger partial charge in [-0.2, -0.15) is 12.6 Å². The van der Waals surface area contributed by atoms with E-state index in [2.05, 4.69) is 50.8 Å². The standard InChI is InChI=1S/C11H17NS/c1-8-4-5-11(6-12-7-13)10(3)9(8)2/h4-5,12-13H,6-7H2,1-3H3. The number of rotatable bonds is 3. The molecule has 0 aliphatic rings. The number of aryl methyl sites for hydroxylation is 1. The summed E-state index contributed by atoms with van der Waals surface area (Å²) in [5.41, 5.74) is 5.54. The van der Waals surface area contributed by atoms with Crippen molar-refractivity contribution in [3.05, 3.63) is 34.4 Å². The lowest BCUT2D eigenvalue weighted by Gasteiger charge is -2.11. The quantitative estimate of drug-likeness (QED) is 0.558. The molecule has 13 heavy (non-hydrogen) atoms. The molecule has 0 radical (unpaired) electrons. The van der Waals surface area contributed by atoms with E-state index in [9.17, 15) is 0 Å². The van der Waals surface area contributed by atoms with Gasteiger partial charge in [0.25, 0.3) is 0 Å². The van der Waals surface area contributed by atoms with Crippen molar-refractivity contribution in [2.45, 2.75) is 27.3 Å². The van der Waals surface area contributed by atoms with Crippen LogP contribution in [0.15, 0.2) is 12.1 Å². The molecule has 2 heteroatoms. The number of hydrogen-bond donors (Lipinski definition) is 2. The van der Waals surface area contributed by atoms with E-state index in [4.69, 9.17) is 0 Å². The molecular weight excluding hydrogens is 178 g/mol. The van der Waals surface area contributed by atoms with E-state index in [1.807, 2.05) is 0 Å². The van der Waals surface area contributed by atoms with Crippen LogP contribution in [-0.4, -0.2) is 5.88 Å². The summed E-state index contributed by atoms with van der Waals surface area (Å²) in [6, 6.07) is 4.37. The van der Waals surface area contributed by atoms with Crippen LogP contribution in [0.3, 0.4) is 0 Å². The average molecular weight is 195 g/mol. The van der Waals surface area contributed by atoms with Crippen LogP contribution in [0.1, 0.15) is 22.3 Å². The van der Waals surface area contributed by atoms with Crippen LogP contribution < -0.4 is 5.32 Å². The summed E-state index contributed by atoms with van der Waals surface area (Å²) in [4.78, 5) is 0. The van der Waals surface area contributed by atoms with Crippen molar-refractivity contribution >= 4 is 12.6 Å². The highest BCUT2D eigenvalue weighted by Gasteiger charge is 2.02. The van der Waals surface area contributed by atoms with Crippen LogP contribution in [-0.2, 0) is 6.54 Å². The zero-order valence-corrected chi connectivity index (χ0v) is 9.41. The largest absolute Gasteiger partial charge is 0.304 e. The van der Waals surface area contributed by atoms with E-state index in [0.29, 0.717) is 0 Å². The van der Waals surface area contributed by atoms with Gasteiger partial charge in [0.05, 0.1) is 0 Å². The SMILES string of the molecule is Cc1ccc(CNCS)c(C)c1C. The van der Waals surface area contributed by atoms with Gasteiger partial charge in [-0.1, -0.05) is 12.1 Å². The van der Waals surface area contributed by atoms with Crippen molar-refractivity contribution < 1.29 is 0 Å². The fourth-order valence-corrected chi connectivity index (χ4v) is 1.51. The molecule has 0 saturated carbocycles. The first-order valence-corrected chi connectivity index (χ1v) is 5.17. The fourth-order valence-electron chi connectivity index (χ4n) is 1.39. The van der Waals surface area contributed by atoms with Gasteiger partial charge in [0.2, 0.25) is 0 Å². The van der Waals surface area contributed by atoms with E-state index in [0.717, 1.165) is 12.4 Å². The summed E-state index contributed by atoms with van der Waals surface area (Å²) in [7, 11) is 0. The van der Waals surface area contributed by atoms with E-state index in [1.165, 1.54) is 22.3 Å². The first-order valence-electron chi connectivity index (χ1n) is 4.54. The Morgan fingerprint density at radius 1 is 1.15 bits per heavy atom. The van der Waals surface area contributed by atoms with Crippen molar-refractivity contribution in [1.29, 1.82) is 0 Å². The minimum atomic E-state index is 0.729. The molecule has 0 atom stereocenters. The molecule has 0 amide bonds. The van der Waals surface area contributed by atoms with Crippen LogP contribution in [0.5, 0.6) is 0 Å². The van der Waals surface area contributed by atoms with Crippen LogP contribution in [0.25, 0.3) is 0 Å². The third-order valence-electron chi connectivity index (χ3n) is 2.60. The Hall–Kier alpha value is -0.470. The molecule has 0 heterocycles. The number of hydrogen-bond acceptors (Lipinski definition) is 2. The first-order chi connectivity index (χ1) is 6.16. The van der Waals surface area contributed by atoms with Gasteiger partial charge in [-0.15, -0.1) is 0 Å². The third kappa shape index (κ3) is 2.48. The highest BCUT2D eigenvalue weighted by Crippen LogP contribution is 2.16. The Labute approximate surface area is 86.0 Å². The number of nitrogens with one attached hydrogen (secondary N) is 1. The summed E-state index contributed by atoms with van der Waals surface area (Å²) in [6.45, 7) is 7.42. The predicted molar refractivity (Wildman–Crippen MR) is 61.3 cm³/mol. The normalized spacial score (nSPS) is 10.5. The van der Waals surface area contributed by atoms with E-state index in [-0.39, 0.29) is 0 Å². The highest BCUT2D eigenvalue weighted by molar-refractivity contribution is 7.80. The maximum Gasteiger partial charge on any atom is 0.0390 e. The topological polar surface area (TPSA) is 12.0 Å². The van der Waals surface area contributed by atoms with Gasteiger partial charge in [-0.3, -0.25) is 0 Å². The Kier molecular flexibility index (Phi) is 3.82. The van der Waals surface area contributed by atoms with Crippen molar-refractivity contribution in [1.82, 2.24) is 5.32 Å². The molecule has 1 N–H and O–H groups in total. The van der Waals surface area contributed by atoms with Crippen LogP contribution in [0.2, 0.25) is 0 Å². The molecule has 0 aromatic heterocycles. The second kappa shape index (κ2) is 4.68. The summed E-state index contributed by atoms with van der Waals surface area (Å²) in [5.74, 6) is 0.729. The van der Waals surface area contributed by atoms with Crippen LogP contribution in [0.4, 0.5) is 0 Å². The Morgan fingerprint density at radius 3 is 2.46 bits per heavy atom. The number of benzene rings is 1. The summed E-state index contributed by atoms with van der Waals surface area (Å²) < 4.78 is 0. The molecule has 1 aromatic rings. The first kappa shape index (κ1) is 10.6. The van der Waals surface area contributed by atoms with Gasteiger partial charge in [0.15, 0.2) is 0 Å². The predicted octanol–water partition coefficient (Wildman–Crippen LogP) is 2.59. The molecule has 0 unspecified atom stereocenters. The zero-order chi connectivity index (χ0) is 9.84. The van der Waals surface area contributed by atoms with E-state index in [1.54, 1.807) is 0 Å². The van der Waals surface area contributed by atoms with Crippen LogP contribution in [0, 0.1) is 20.8 Å². The van der Waals surface area contributed by atoms with Crippen molar-refractivity contribution in [2.24, 2.45) is 0 Å². The molecule has 0 aliphatic carbocycles. The fraction of sp³-hybridized carbons (Fsp3) is 0.455. The summed E-state index contributed by atoms with van der Waals surface area (Å²) >= 11 is 4.12. The molecule has 0 aliphatic heterocycles. The van der Waals surface area contributed by atoms with Gasteiger partial charge in [-0.05, 0) is 43.0 Å². The Morgan fingerprint density at radius 2 is 1.85 bits per heavy atom. The van der Waals surface area contributed by atoms with E-state index >= 15 is 0 Å². The minimum absolute atomic E-state index is 0.729. The van der Waals surface area contributed by atoms with Crippen LogP contribution >= 0.6 is 12.6 Å². The smallest absolute Gasteiger partial charge is 0.0390 e. The Bertz CT molecular complexity index is 294. The second-order valence-corrected chi connectivity index (χ2v) is 3.69. The second-order valence-electron chi connectivity index (χ2n) is 3.38. The highest BCUT2D eigenvalue weighted by atomic mass is 32.1. The third-order valence-corrected chi connectivity index (χ3v) is 2.82. The molecule has 0 saturated heterocycles. The van der Waals surface area contributed by atoms with Crippen molar-refractivity contribution in [3.8, 4) is 0 Å². The van der Waals surface area contributed by atoms with Gasteiger partial charge in [-0.25, -0.2) is 0 Å². The maximum absolute atomic E-state index is 4.12. The molecule has 1 nitrogen and oxygen atoms in total. The van der Waals surface area contributed by atoms with Crippen molar-refractivity contribution in [2.75, 3.05) is 5.88 Å². The number of thiol groups is 1. The lowest BCUT2D eigenvalue weighted by Crippen LogP contribution is -2.11. The van der Waals surface area contributed by atoms with E-state index < -0.39 is 0 Å². The van der Waals surface area contributed by atoms with Gasteiger partial charge in [0, 0.05) is 12.4 Å². The lowest BCUT2D eigenvalue weighted by molar-refractivity contribution is 0.791. The van der Waals surface area contributed by atoms with Crippen molar-refractivity contribution in [3.63, 3.8) is 0 Å². The molecular formula is C11H17NS. The average Bonchev–Trinajstić information content (AvgIpc) is 2.13. The molecule has 0 fully saturated rings. The minimum Gasteiger partial charge on any atom is -0.304 e. The molecule has 0 bridgehead atoms. The zero-order valence-electron chi connectivity index (χ0n) is 8.52. The summed E-state index contributed by atoms with van der Waals surface area (Å²) in [5, 5.41) is 3.22. The molecule has 0 spiro atoms. The van der Waals surface area contributed by atoms with Gasteiger partial charge in [0.1, 0.15) is 0 Å². The van der Waals surface area contributed by atoms with Gasteiger partial charge >= 0.3 is 0 Å². The summed E-state index contributed by atoms with van der Waals surface area (Å²) in [6.07, 6.45) is 0.